The van der Waals surface area contributed by atoms with Crippen LogP contribution < -0.4 is 4.80 Å². The minimum absolute atomic E-state index is 0.0302. The highest BCUT2D eigenvalue weighted by atomic mass is 32.2. The summed E-state index contributed by atoms with van der Waals surface area (Å²) in [7, 11) is 1.36. The zero-order valence-electron chi connectivity index (χ0n) is 16.8. The van der Waals surface area contributed by atoms with Crippen LogP contribution in [0.1, 0.15) is 31.7 Å². The van der Waals surface area contributed by atoms with Gasteiger partial charge in [-0.15, -0.1) is 11.8 Å². The van der Waals surface area contributed by atoms with E-state index in [1.165, 1.54) is 24.0 Å². The summed E-state index contributed by atoms with van der Waals surface area (Å²) in [5.41, 5.74) is 2.09. The lowest BCUT2D eigenvalue weighted by atomic mass is 10.0. The summed E-state index contributed by atoms with van der Waals surface area (Å²) in [5, 5.41) is 0. The van der Waals surface area contributed by atoms with Crippen molar-refractivity contribution in [1.29, 1.82) is 0 Å². The SMILES string of the molecule is COC(=O)Cn1c(=NC(=O)CCSc2ccccc2)sc2cc(C(C)C)ccc21. The molecule has 3 aromatic rings. The average Bonchev–Trinajstić information content (AvgIpc) is 3.04. The number of thioether (sulfide) groups is 1. The zero-order chi connectivity index (χ0) is 20.8. The molecule has 0 bridgehead atoms. The number of methoxy groups -OCH3 is 1. The van der Waals surface area contributed by atoms with Gasteiger partial charge in [0, 0.05) is 17.1 Å². The highest BCUT2D eigenvalue weighted by molar-refractivity contribution is 7.99. The van der Waals surface area contributed by atoms with Gasteiger partial charge in [-0.25, -0.2) is 0 Å². The van der Waals surface area contributed by atoms with Crippen LogP contribution in [0.4, 0.5) is 0 Å². The first kappa shape index (κ1) is 21.3. The zero-order valence-corrected chi connectivity index (χ0v) is 18.4. The third-order valence-electron chi connectivity index (χ3n) is 4.44. The Morgan fingerprint density at radius 2 is 1.93 bits per heavy atom. The van der Waals surface area contributed by atoms with Crippen molar-refractivity contribution in [2.24, 2.45) is 4.99 Å². The van der Waals surface area contributed by atoms with Crippen molar-refractivity contribution >= 4 is 45.2 Å². The first-order chi connectivity index (χ1) is 14.0. The predicted octanol–water partition coefficient (Wildman–Crippen LogP) is 4.61. The third-order valence-corrected chi connectivity index (χ3v) is 6.49. The van der Waals surface area contributed by atoms with Gasteiger partial charge < -0.3 is 9.30 Å². The molecule has 0 fully saturated rings. The fourth-order valence-corrected chi connectivity index (χ4v) is 4.77. The summed E-state index contributed by atoms with van der Waals surface area (Å²) in [4.78, 5) is 30.3. The molecule has 7 heteroatoms. The molecule has 0 radical (unpaired) electrons. The Labute approximate surface area is 178 Å². The van der Waals surface area contributed by atoms with Gasteiger partial charge in [0.1, 0.15) is 6.54 Å². The number of hydrogen-bond acceptors (Lipinski definition) is 5. The first-order valence-electron chi connectivity index (χ1n) is 9.43. The summed E-state index contributed by atoms with van der Waals surface area (Å²) in [6, 6.07) is 16.1. The maximum atomic E-state index is 12.5. The van der Waals surface area contributed by atoms with Crippen LogP contribution in [0, 0.1) is 0 Å². The van der Waals surface area contributed by atoms with Gasteiger partial charge in [-0.1, -0.05) is 49.4 Å². The van der Waals surface area contributed by atoms with Gasteiger partial charge in [-0.3, -0.25) is 9.59 Å². The molecule has 0 aliphatic rings. The minimum atomic E-state index is -0.369. The molecule has 5 nitrogen and oxygen atoms in total. The number of fused-ring (bicyclic) bond motifs is 1. The van der Waals surface area contributed by atoms with Crippen molar-refractivity contribution in [3.63, 3.8) is 0 Å². The molecule has 0 atom stereocenters. The van der Waals surface area contributed by atoms with Crippen molar-refractivity contribution < 1.29 is 14.3 Å². The van der Waals surface area contributed by atoms with Crippen LogP contribution in [0.25, 0.3) is 10.2 Å². The van der Waals surface area contributed by atoms with Crippen LogP contribution in [0.15, 0.2) is 58.4 Å². The van der Waals surface area contributed by atoms with Gasteiger partial charge in [0.2, 0.25) is 5.91 Å². The number of hydrogen-bond donors (Lipinski definition) is 0. The Kier molecular flexibility index (Phi) is 7.28. The average molecular weight is 429 g/mol. The number of amides is 1. The summed E-state index contributed by atoms with van der Waals surface area (Å²) < 4.78 is 7.59. The number of ether oxygens (including phenoxy) is 1. The van der Waals surface area contributed by atoms with Gasteiger partial charge in [0.15, 0.2) is 4.80 Å². The molecule has 152 valence electrons. The second-order valence-electron chi connectivity index (χ2n) is 6.85. The molecule has 0 saturated carbocycles. The molecule has 2 aromatic carbocycles. The number of esters is 1. The Morgan fingerprint density at radius 3 is 2.62 bits per heavy atom. The van der Waals surface area contributed by atoms with Gasteiger partial charge >= 0.3 is 5.97 Å². The van der Waals surface area contributed by atoms with Crippen molar-refractivity contribution in [3.8, 4) is 0 Å². The Morgan fingerprint density at radius 1 is 1.17 bits per heavy atom. The van der Waals surface area contributed by atoms with E-state index in [2.05, 4.69) is 31.0 Å². The molecule has 1 heterocycles. The molecule has 0 aliphatic heterocycles. The van der Waals surface area contributed by atoms with Crippen molar-refractivity contribution in [3.05, 3.63) is 58.9 Å². The normalized spacial score (nSPS) is 11.9. The minimum Gasteiger partial charge on any atom is -0.468 e. The fourth-order valence-electron chi connectivity index (χ4n) is 2.82. The van der Waals surface area contributed by atoms with E-state index in [1.807, 2.05) is 36.4 Å². The van der Waals surface area contributed by atoms with Crippen LogP contribution in [0.5, 0.6) is 0 Å². The molecule has 0 unspecified atom stereocenters. The second-order valence-corrected chi connectivity index (χ2v) is 9.02. The van der Waals surface area contributed by atoms with Crippen LogP contribution in [-0.2, 0) is 20.9 Å². The lowest BCUT2D eigenvalue weighted by Crippen LogP contribution is -2.22. The number of aromatic nitrogens is 1. The third kappa shape index (κ3) is 5.58. The van der Waals surface area contributed by atoms with Crippen LogP contribution in [0.3, 0.4) is 0 Å². The molecule has 0 saturated heterocycles. The Bertz CT molecular complexity index is 1070. The maximum absolute atomic E-state index is 12.5. The highest BCUT2D eigenvalue weighted by Crippen LogP contribution is 2.24. The van der Waals surface area contributed by atoms with E-state index in [9.17, 15) is 9.59 Å². The molecule has 0 spiro atoms. The molecule has 1 aromatic heterocycles. The van der Waals surface area contributed by atoms with E-state index in [-0.39, 0.29) is 18.4 Å². The fraction of sp³-hybridized carbons (Fsp3) is 0.318. The van der Waals surface area contributed by atoms with E-state index >= 15 is 0 Å². The number of nitrogens with zero attached hydrogens (tertiary/aromatic N) is 2. The smallest absolute Gasteiger partial charge is 0.325 e. The van der Waals surface area contributed by atoms with Crippen molar-refractivity contribution in [2.75, 3.05) is 12.9 Å². The van der Waals surface area contributed by atoms with E-state index < -0.39 is 0 Å². The molecule has 3 rings (SSSR count). The molecule has 0 aliphatic carbocycles. The monoisotopic (exact) mass is 428 g/mol. The van der Waals surface area contributed by atoms with Crippen LogP contribution in [0.2, 0.25) is 0 Å². The van der Waals surface area contributed by atoms with E-state index in [1.54, 1.807) is 16.3 Å². The summed E-state index contributed by atoms with van der Waals surface area (Å²) in [5.74, 6) is 0.493. The standard InChI is InChI=1S/C22H24N2O3S2/c1-15(2)16-9-10-18-19(13-16)29-22(24(18)14-21(26)27-3)23-20(25)11-12-28-17-7-5-4-6-8-17/h4-10,13,15H,11-12,14H2,1-3H3. The van der Waals surface area contributed by atoms with Crippen LogP contribution in [-0.4, -0.2) is 29.3 Å². The number of carbonyl (C=O) groups excluding carboxylic acids is 2. The maximum Gasteiger partial charge on any atom is 0.325 e. The van der Waals surface area contributed by atoms with Gasteiger partial charge in [-0.2, -0.15) is 4.99 Å². The van der Waals surface area contributed by atoms with E-state index in [0.29, 0.717) is 22.9 Å². The lowest BCUT2D eigenvalue weighted by molar-refractivity contribution is -0.141. The highest BCUT2D eigenvalue weighted by Gasteiger charge is 2.13. The molecule has 1 amide bonds. The second kappa shape index (κ2) is 9.89. The largest absolute Gasteiger partial charge is 0.468 e. The molecule has 29 heavy (non-hydrogen) atoms. The number of benzene rings is 2. The lowest BCUT2D eigenvalue weighted by Gasteiger charge is -2.06. The van der Waals surface area contributed by atoms with Crippen molar-refractivity contribution in [2.45, 2.75) is 37.6 Å². The van der Waals surface area contributed by atoms with Gasteiger partial charge in [0.05, 0.1) is 17.3 Å². The summed E-state index contributed by atoms with van der Waals surface area (Å²) in [6.45, 7) is 4.30. The molecular weight excluding hydrogens is 404 g/mol. The summed E-state index contributed by atoms with van der Waals surface area (Å²) in [6.07, 6.45) is 0.337. The van der Waals surface area contributed by atoms with Gasteiger partial charge in [0.25, 0.3) is 0 Å². The molecule has 0 N–H and O–H groups in total. The quantitative estimate of drug-likeness (QED) is 0.407. The summed E-state index contributed by atoms with van der Waals surface area (Å²) >= 11 is 3.06. The Hall–Kier alpha value is -2.38. The topological polar surface area (TPSA) is 60.7 Å². The van der Waals surface area contributed by atoms with Crippen LogP contribution >= 0.6 is 23.1 Å². The van der Waals surface area contributed by atoms with E-state index in [0.717, 1.165) is 15.1 Å². The number of carbonyl (C=O) groups is 2. The van der Waals surface area contributed by atoms with E-state index in [4.69, 9.17) is 4.74 Å². The van der Waals surface area contributed by atoms with Crippen molar-refractivity contribution in [1.82, 2.24) is 4.57 Å². The number of thiazole rings is 1. The Balaban J connectivity index is 1.85. The molecular formula is C22H24N2O3S2. The number of rotatable bonds is 7. The van der Waals surface area contributed by atoms with Gasteiger partial charge in [-0.05, 0) is 35.7 Å². The predicted molar refractivity (Wildman–Crippen MR) is 118 cm³/mol. The first-order valence-corrected chi connectivity index (χ1v) is 11.2.